The summed E-state index contributed by atoms with van der Waals surface area (Å²) >= 11 is 0. The van der Waals surface area contributed by atoms with Crippen molar-refractivity contribution in [3.8, 4) is 0 Å². The third-order valence-electron chi connectivity index (χ3n) is 4.68. The molecule has 0 fully saturated rings. The van der Waals surface area contributed by atoms with Crippen LogP contribution in [0.15, 0.2) is 54.6 Å². The summed E-state index contributed by atoms with van der Waals surface area (Å²) in [5.74, 6) is -0.461. The summed E-state index contributed by atoms with van der Waals surface area (Å²) in [7, 11) is 0. The van der Waals surface area contributed by atoms with Gasteiger partial charge < -0.3 is 20.4 Å². The summed E-state index contributed by atoms with van der Waals surface area (Å²) in [6.07, 6.45) is 1.71. The third kappa shape index (κ3) is 7.77. The van der Waals surface area contributed by atoms with Gasteiger partial charge in [0.15, 0.2) is 0 Å². The van der Waals surface area contributed by atoms with Gasteiger partial charge in [0.1, 0.15) is 6.54 Å². The van der Waals surface area contributed by atoms with E-state index >= 15 is 0 Å². The Morgan fingerprint density at radius 1 is 0.871 bits per heavy atom. The fraction of sp³-hybridized carbons (Fsp3) is 0.375. The molecule has 4 amide bonds. The Hall–Kier alpha value is -3.35. The molecule has 2 aromatic rings. The number of anilines is 2. The van der Waals surface area contributed by atoms with Crippen LogP contribution in [0.4, 0.5) is 16.2 Å². The predicted octanol–water partition coefficient (Wildman–Crippen LogP) is 3.80. The molecule has 0 aliphatic rings. The zero-order valence-corrected chi connectivity index (χ0v) is 18.6. The van der Waals surface area contributed by atoms with Crippen molar-refractivity contribution >= 4 is 29.2 Å². The molecule has 0 saturated carbocycles. The first-order valence-electron chi connectivity index (χ1n) is 10.7. The van der Waals surface area contributed by atoms with Gasteiger partial charge in [0.2, 0.25) is 11.8 Å². The van der Waals surface area contributed by atoms with Crippen molar-refractivity contribution in [2.24, 2.45) is 0 Å². The number of hydrogen-bond acceptors (Lipinski definition) is 3. The number of amides is 4. The molecule has 0 atom stereocenters. The van der Waals surface area contributed by atoms with Crippen molar-refractivity contribution in [2.75, 3.05) is 36.4 Å². The molecule has 0 unspecified atom stereocenters. The Morgan fingerprint density at radius 3 is 2.16 bits per heavy atom. The molecule has 0 radical (unpaired) electrons. The van der Waals surface area contributed by atoms with Crippen molar-refractivity contribution < 1.29 is 14.4 Å². The van der Waals surface area contributed by atoms with Gasteiger partial charge in [0, 0.05) is 24.5 Å². The number of hydrogen-bond donors (Lipinski definition) is 2. The van der Waals surface area contributed by atoms with Gasteiger partial charge in [-0.05, 0) is 49.6 Å². The Morgan fingerprint density at radius 2 is 1.55 bits per heavy atom. The van der Waals surface area contributed by atoms with Crippen LogP contribution in [0.3, 0.4) is 0 Å². The number of para-hydroxylation sites is 1. The highest BCUT2D eigenvalue weighted by Gasteiger charge is 2.22. The molecule has 7 nitrogen and oxygen atoms in total. The molecule has 7 heteroatoms. The average molecular weight is 425 g/mol. The van der Waals surface area contributed by atoms with Crippen molar-refractivity contribution in [3.63, 3.8) is 0 Å². The van der Waals surface area contributed by atoms with Gasteiger partial charge >= 0.3 is 6.03 Å². The van der Waals surface area contributed by atoms with E-state index in [9.17, 15) is 14.4 Å². The van der Waals surface area contributed by atoms with E-state index in [0.29, 0.717) is 24.5 Å². The van der Waals surface area contributed by atoms with E-state index in [1.165, 1.54) is 4.90 Å². The Labute approximate surface area is 184 Å². The van der Waals surface area contributed by atoms with E-state index in [4.69, 9.17) is 0 Å². The van der Waals surface area contributed by atoms with E-state index in [1.807, 2.05) is 57.2 Å². The molecule has 0 aliphatic carbocycles. The molecule has 31 heavy (non-hydrogen) atoms. The van der Waals surface area contributed by atoms with Crippen LogP contribution < -0.4 is 15.5 Å². The lowest BCUT2D eigenvalue weighted by molar-refractivity contribution is -0.131. The van der Waals surface area contributed by atoms with Crippen LogP contribution >= 0.6 is 0 Å². The lowest BCUT2D eigenvalue weighted by Crippen LogP contribution is -2.47. The first-order valence-corrected chi connectivity index (χ1v) is 10.7. The lowest BCUT2D eigenvalue weighted by atomic mass is 10.2. The highest BCUT2D eigenvalue weighted by molar-refractivity contribution is 6.01. The Kier molecular flexibility index (Phi) is 9.55. The number of carbonyl (C=O) groups is 3. The molecule has 0 heterocycles. The monoisotopic (exact) mass is 424 g/mol. The molecule has 2 rings (SSSR count). The second-order valence-corrected chi connectivity index (χ2v) is 7.37. The number of urea groups is 1. The maximum Gasteiger partial charge on any atom is 0.319 e. The maximum absolute atomic E-state index is 12.9. The van der Waals surface area contributed by atoms with E-state index in [1.54, 1.807) is 23.1 Å². The summed E-state index contributed by atoms with van der Waals surface area (Å²) in [4.78, 5) is 41.2. The highest BCUT2D eigenvalue weighted by Crippen LogP contribution is 2.14. The molecule has 2 aromatic carbocycles. The highest BCUT2D eigenvalue weighted by atomic mass is 16.2. The van der Waals surface area contributed by atoms with Crippen LogP contribution in [-0.2, 0) is 9.59 Å². The zero-order valence-electron chi connectivity index (χ0n) is 18.6. The number of nitrogens with zero attached hydrogens (tertiary/aromatic N) is 2. The zero-order chi connectivity index (χ0) is 22.6. The van der Waals surface area contributed by atoms with Gasteiger partial charge in [-0.15, -0.1) is 0 Å². The topological polar surface area (TPSA) is 81.8 Å². The quantitative estimate of drug-likeness (QED) is 0.609. The normalized spacial score (nSPS) is 10.3. The molecular formula is C24H32N4O3. The van der Waals surface area contributed by atoms with Crippen LogP contribution in [-0.4, -0.2) is 48.9 Å². The first-order chi connectivity index (χ1) is 14.9. The maximum atomic E-state index is 12.9. The number of aryl methyl sites for hydroxylation is 1. The van der Waals surface area contributed by atoms with E-state index in [0.717, 1.165) is 18.4 Å². The van der Waals surface area contributed by atoms with E-state index in [-0.39, 0.29) is 24.9 Å². The van der Waals surface area contributed by atoms with Gasteiger partial charge in [-0.2, -0.15) is 0 Å². The number of benzene rings is 2. The number of nitrogens with one attached hydrogen (secondary N) is 2. The van der Waals surface area contributed by atoms with Crippen LogP contribution in [0.1, 0.15) is 32.3 Å². The minimum absolute atomic E-state index is 0.0655. The summed E-state index contributed by atoms with van der Waals surface area (Å²) in [5.41, 5.74) is 2.29. The fourth-order valence-corrected chi connectivity index (χ4v) is 3.22. The SMILES string of the molecule is CCCN(CCC)C(=O)CN(C(=O)CNC(=O)Nc1cccc(C)c1)c1ccccc1. The van der Waals surface area contributed by atoms with Crippen molar-refractivity contribution in [3.05, 3.63) is 60.2 Å². The molecular weight excluding hydrogens is 392 g/mol. The van der Waals surface area contributed by atoms with Gasteiger partial charge in [-0.25, -0.2) is 4.79 Å². The van der Waals surface area contributed by atoms with Crippen molar-refractivity contribution in [2.45, 2.75) is 33.6 Å². The van der Waals surface area contributed by atoms with Crippen LogP contribution in [0.2, 0.25) is 0 Å². The summed E-state index contributed by atoms with van der Waals surface area (Å²) in [5, 5.41) is 5.30. The minimum Gasteiger partial charge on any atom is -0.341 e. The second-order valence-electron chi connectivity index (χ2n) is 7.37. The van der Waals surface area contributed by atoms with Crippen LogP contribution in [0.25, 0.3) is 0 Å². The smallest absolute Gasteiger partial charge is 0.319 e. The second kappa shape index (κ2) is 12.4. The molecule has 0 aliphatic heterocycles. The van der Waals surface area contributed by atoms with Crippen LogP contribution in [0, 0.1) is 6.92 Å². The van der Waals surface area contributed by atoms with Gasteiger partial charge in [0.05, 0.1) is 6.54 Å². The summed E-state index contributed by atoms with van der Waals surface area (Å²) < 4.78 is 0. The summed E-state index contributed by atoms with van der Waals surface area (Å²) in [6, 6.07) is 16.0. The van der Waals surface area contributed by atoms with Crippen molar-refractivity contribution in [1.82, 2.24) is 10.2 Å². The Bertz CT molecular complexity index is 864. The largest absolute Gasteiger partial charge is 0.341 e. The van der Waals surface area contributed by atoms with Gasteiger partial charge in [0.25, 0.3) is 0 Å². The fourth-order valence-electron chi connectivity index (χ4n) is 3.22. The van der Waals surface area contributed by atoms with Gasteiger partial charge in [-0.1, -0.05) is 44.2 Å². The molecule has 0 saturated heterocycles. The average Bonchev–Trinajstić information content (AvgIpc) is 2.76. The lowest BCUT2D eigenvalue weighted by Gasteiger charge is -2.27. The first kappa shape index (κ1) is 23.9. The standard InChI is InChI=1S/C24H32N4O3/c1-4-14-27(15-5-2)23(30)18-28(21-12-7-6-8-13-21)22(29)17-25-24(31)26-20-11-9-10-19(3)16-20/h6-13,16H,4-5,14-15,17-18H2,1-3H3,(H2,25,26,31). The molecule has 0 aromatic heterocycles. The van der Waals surface area contributed by atoms with Gasteiger partial charge in [-0.3, -0.25) is 9.59 Å². The molecule has 0 bridgehead atoms. The van der Waals surface area contributed by atoms with Crippen molar-refractivity contribution in [1.29, 1.82) is 0 Å². The predicted molar refractivity (Wildman–Crippen MR) is 124 cm³/mol. The van der Waals surface area contributed by atoms with E-state index < -0.39 is 6.03 Å². The number of carbonyl (C=O) groups excluding carboxylic acids is 3. The number of rotatable bonds is 10. The van der Waals surface area contributed by atoms with Crippen LogP contribution in [0.5, 0.6) is 0 Å². The summed E-state index contributed by atoms with van der Waals surface area (Å²) in [6.45, 7) is 6.99. The molecule has 166 valence electrons. The van der Waals surface area contributed by atoms with E-state index in [2.05, 4.69) is 10.6 Å². The minimum atomic E-state index is -0.475. The molecule has 0 spiro atoms. The third-order valence-corrected chi connectivity index (χ3v) is 4.68. The Balaban J connectivity index is 2.04. The molecule has 2 N–H and O–H groups in total.